The summed E-state index contributed by atoms with van der Waals surface area (Å²) in [6.45, 7) is 2.05. The van der Waals surface area contributed by atoms with E-state index in [0.717, 1.165) is 11.1 Å². The highest BCUT2D eigenvalue weighted by molar-refractivity contribution is 6.31. The third-order valence-corrected chi connectivity index (χ3v) is 4.87. The quantitative estimate of drug-likeness (QED) is 0.428. The Labute approximate surface area is 172 Å². The lowest BCUT2D eigenvalue weighted by atomic mass is 10.1. The van der Waals surface area contributed by atoms with Crippen molar-refractivity contribution >= 4 is 22.6 Å². The number of hydrogen-bond acceptors (Lipinski definition) is 4. The van der Waals surface area contributed by atoms with Crippen molar-refractivity contribution in [2.75, 3.05) is 0 Å². The van der Waals surface area contributed by atoms with Gasteiger partial charge in [-0.3, -0.25) is 4.79 Å². The van der Waals surface area contributed by atoms with Crippen molar-refractivity contribution in [3.05, 3.63) is 98.7 Å². The zero-order valence-corrected chi connectivity index (χ0v) is 16.4. The monoisotopic (exact) mass is 401 g/mol. The first kappa shape index (κ1) is 18.8. The topological polar surface area (TPSA) is 63.2 Å². The van der Waals surface area contributed by atoms with Crippen molar-refractivity contribution in [2.45, 2.75) is 13.5 Å². The summed E-state index contributed by atoms with van der Waals surface area (Å²) in [4.78, 5) is 13.2. The van der Waals surface area contributed by atoms with Crippen molar-refractivity contribution in [3.8, 4) is 23.1 Å². The predicted octanol–water partition coefficient (Wildman–Crippen LogP) is 5.87. The lowest BCUT2D eigenvalue weighted by Gasteiger charge is -2.13. The third kappa shape index (κ3) is 3.73. The fraction of sp³-hybridized carbons (Fsp3) is 0.0833. The summed E-state index contributed by atoms with van der Waals surface area (Å²) in [6.07, 6.45) is 0. The van der Waals surface area contributed by atoms with Gasteiger partial charge in [0.25, 0.3) is 0 Å². The van der Waals surface area contributed by atoms with Crippen LogP contribution in [0.1, 0.15) is 16.7 Å². The molecule has 0 spiro atoms. The SMILES string of the molecule is Cc1ccc(-c2oc3ccc(Cl)cc3c(=O)c2OCc2ccccc2C#N)cc1. The molecule has 4 aromatic rings. The van der Waals surface area contributed by atoms with E-state index in [1.807, 2.05) is 37.3 Å². The molecule has 0 amide bonds. The summed E-state index contributed by atoms with van der Waals surface area (Å²) >= 11 is 6.07. The van der Waals surface area contributed by atoms with Gasteiger partial charge >= 0.3 is 0 Å². The maximum absolute atomic E-state index is 13.2. The van der Waals surface area contributed by atoms with Gasteiger partial charge in [0.05, 0.1) is 17.0 Å². The Morgan fingerprint density at radius 2 is 1.83 bits per heavy atom. The van der Waals surface area contributed by atoms with Crippen LogP contribution in [0.25, 0.3) is 22.3 Å². The van der Waals surface area contributed by atoms with Gasteiger partial charge in [-0.05, 0) is 31.2 Å². The number of nitriles is 1. The average molecular weight is 402 g/mol. The number of fused-ring (bicyclic) bond motifs is 1. The van der Waals surface area contributed by atoms with E-state index < -0.39 is 0 Å². The van der Waals surface area contributed by atoms with Crippen molar-refractivity contribution in [1.82, 2.24) is 0 Å². The number of rotatable bonds is 4. The highest BCUT2D eigenvalue weighted by Gasteiger charge is 2.18. The van der Waals surface area contributed by atoms with Crippen LogP contribution >= 0.6 is 11.6 Å². The molecule has 29 heavy (non-hydrogen) atoms. The average Bonchev–Trinajstić information content (AvgIpc) is 2.74. The molecule has 0 bridgehead atoms. The highest BCUT2D eigenvalue weighted by atomic mass is 35.5. The molecule has 0 aliphatic rings. The van der Waals surface area contributed by atoms with E-state index in [2.05, 4.69) is 6.07 Å². The fourth-order valence-corrected chi connectivity index (χ4v) is 3.25. The number of aryl methyl sites for hydroxylation is 1. The van der Waals surface area contributed by atoms with E-state index in [1.54, 1.807) is 36.4 Å². The molecule has 0 aliphatic carbocycles. The minimum atomic E-state index is -0.307. The first-order valence-electron chi connectivity index (χ1n) is 9.01. The standard InChI is InChI=1S/C24H16ClNO3/c1-15-6-8-16(9-7-15)23-24(28-14-18-5-3-2-4-17(18)13-26)22(27)20-12-19(25)10-11-21(20)29-23/h2-12H,14H2,1H3. The molecule has 0 atom stereocenters. The number of benzene rings is 3. The molecule has 0 unspecified atom stereocenters. The van der Waals surface area contributed by atoms with Gasteiger partial charge in [-0.15, -0.1) is 0 Å². The van der Waals surface area contributed by atoms with E-state index in [0.29, 0.717) is 32.9 Å². The molecule has 1 aromatic heterocycles. The fourth-order valence-electron chi connectivity index (χ4n) is 3.08. The molecule has 0 saturated heterocycles. The van der Waals surface area contributed by atoms with E-state index in [4.69, 9.17) is 20.8 Å². The van der Waals surface area contributed by atoms with Crippen LogP contribution in [0.3, 0.4) is 0 Å². The van der Waals surface area contributed by atoms with Crippen molar-refractivity contribution in [2.24, 2.45) is 0 Å². The van der Waals surface area contributed by atoms with Gasteiger partial charge in [-0.2, -0.15) is 5.26 Å². The molecule has 0 saturated carbocycles. The molecule has 4 nitrogen and oxygen atoms in total. The molecular formula is C24H16ClNO3. The van der Waals surface area contributed by atoms with Crippen LogP contribution in [0.5, 0.6) is 5.75 Å². The smallest absolute Gasteiger partial charge is 0.235 e. The van der Waals surface area contributed by atoms with Gasteiger partial charge < -0.3 is 9.15 Å². The van der Waals surface area contributed by atoms with Crippen LogP contribution < -0.4 is 10.2 Å². The highest BCUT2D eigenvalue weighted by Crippen LogP contribution is 2.32. The lowest BCUT2D eigenvalue weighted by Crippen LogP contribution is -2.11. The Morgan fingerprint density at radius 1 is 1.07 bits per heavy atom. The Kier molecular flexibility index (Phi) is 5.07. The number of ether oxygens (including phenoxy) is 1. The van der Waals surface area contributed by atoms with Gasteiger partial charge in [-0.25, -0.2) is 0 Å². The Hall–Kier alpha value is -3.55. The van der Waals surface area contributed by atoms with Gasteiger partial charge in [0.15, 0.2) is 5.76 Å². The van der Waals surface area contributed by atoms with Crippen LogP contribution in [-0.4, -0.2) is 0 Å². The summed E-state index contributed by atoms with van der Waals surface area (Å²) in [5.74, 6) is 0.440. The molecule has 142 valence electrons. The van der Waals surface area contributed by atoms with Crippen LogP contribution in [0.2, 0.25) is 5.02 Å². The van der Waals surface area contributed by atoms with Crippen LogP contribution in [0, 0.1) is 18.3 Å². The summed E-state index contributed by atoms with van der Waals surface area (Å²) < 4.78 is 12.0. The van der Waals surface area contributed by atoms with Crippen molar-refractivity contribution in [1.29, 1.82) is 5.26 Å². The second kappa shape index (κ2) is 7.83. The molecular weight excluding hydrogens is 386 g/mol. The van der Waals surface area contributed by atoms with Gasteiger partial charge in [-0.1, -0.05) is 59.6 Å². The molecule has 0 aliphatic heterocycles. The Balaban J connectivity index is 1.86. The van der Waals surface area contributed by atoms with Crippen LogP contribution in [0.15, 0.2) is 75.9 Å². The van der Waals surface area contributed by atoms with Crippen LogP contribution in [-0.2, 0) is 6.61 Å². The Morgan fingerprint density at radius 3 is 2.59 bits per heavy atom. The first-order chi connectivity index (χ1) is 14.1. The maximum atomic E-state index is 13.2. The predicted molar refractivity (Wildman–Crippen MR) is 113 cm³/mol. The van der Waals surface area contributed by atoms with Gasteiger partial charge in [0.2, 0.25) is 11.2 Å². The third-order valence-electron chi connectivity index (χ3n) is 4.63. The van der Waals surface area contributed by atoms with E-state index in [9.17, 15) is 10.1 Å². The zero-order valence-electron chi connectivity index (χ0n) is 15.6. The lowest BCUT2D eigenvalue weighted by molar-refractivity contribution is 0.297. The largest absolute Gasteiger partial charge is 0.481 e. The molecule has 1 heterocycles. The van der Waals surface area contributed by atoms with Gasteiger partial charge in [0.1, 0.15) is 12.2 Å². The number of halogens is 1. The summed E-state index contributed by atoms with van der Waals surface area (Å²) in [7, 11) is 0. The normalized spacial score (nSPS) is 10.7. The van der Waals surface area contributed by atoms with E-state index in [-0.39, 0.29) is 17.8 Å². The van der Waals surface area contributed by atoms with Gasteiger partial charge in [0, 0.05) is 16.1 Å². The number of nitrogens with zero attached hydrogens (tertiary/aromatic N) is 1. The maximum Gasteiger partial charge on any atom is 0.235 e. The molecule has 3 aromatic carbocycles. The minimum Gasteiger partial charge on any atom is -0.481 e. The molecule has 5 heteroatoms. The summed E-state index contributed by atoms with van der Waals surface area (Å²) in [5, 5.41) is 10.1. The van der Waals surface area contributed by atoms with Crippen LogP contribution in [0.4, 0.5) is 0 Å². The minimum absolute atomic E-state index is 0.0689. The van der Waals surface area contributed by atoms with E-state index >= 15 is 0 Å². The van der Waals surface area contributed by atoms with E-state index in [1.165, 1.54) is 0 Å². The van der Waals surface area contributed by atoms with Crippen molar-refractivity contribution < 1.29 is 9.15 Å². The second-order valence-corrected chi connectivity index (χ2v) is 7.09. The molecule has 0 radical (unpaired) electrons. The summed E-state index contributed by atoms with van der Waals surface area (Å²) in [5.41, 5.74) is 3.13. The molecule has 0 N–H and O–H groups in total. The molecule has 4 rings (SSSR count). The first-order valence-corrected chi connectivity index (χ1v) is 9.39. The Bertz CT molecular complexity index is 1300. The second-order valence-electron chi connectivity index (χ2n) is 6.65. The molecule has 0 fully saturated rings. The number of hydrogen-bond donors (Lipinski definition) is 0. The zero-order chi connectivity index (χ0) is 20.4. The summed E-state index contributed by atoms with van der Waals surface area (Å²) in [6, 6.07) is 21.8. The van der Waals surface area contributed by atoms with Crippen molar-refractivity contribution in [3.63, 3.8) is 0 Å².